The maximum Gasteiger partial charge on any atom is 0.233 e. The SMILES string of the molecule is COc1cc(OC)cc(C(=O)C(=O)c2cc3c(c(O[C@@H]4O[C@H](CO)[C@@H](O)[C@H](O)[C@H]4O)c2)OCO3)c1. The van der Waals surface area contributed by atoms with Crippen LogP contribution >= 0.6 is 0 Å². The van der Waals surface area contributed by atoms with Gasteiger partial charge in [0.05, 0.1) is 20.8 Å². The number of aliphatic hydroxyl groups excluding tert-OH is 4. The molecule has 1 fully saturated rings. The standard InChI is InChI=1S/C23H24O12/c1-30-12-3-10(4-13(7-12)31-2)17(25)18(26)11-5-14-22(33-9-32-14)15(6-11)34-23-21(29)20(28)19(27)16(8-24)35-23/h3-7,16,19-21,23-24,27-29H,8-9H2,1-2H3/t16-,19-,20+,21-,23-/m1/s1. The number of carbonyl (C=O) groups is 2. The Morgan fingerprint density at radius 3 is 2.11 bits per heavy atom. The zero-order valence-corrected chi connectivity index (χ0v) is 18.7. The molecule has 12 nitrogen and oxygen atoms in total. The van der Waals surface area contributed by atoms with Crippen molar-refractivity contribution in [2.75, 3.05) is 27.6 Å². The van der Waals surface area contributed by atoms with Gasteiger partial charge in [0.1, 0.15) is 35.9 Å². The second-order valence-electron chi connectivity index (χ2n) is 7.78. The molecule has 2 aliphatic heterocycles. The third kappa shape index (κ3) is 4.74. The molecule has 0 saturated carbocycles. The van der Waals surface area contributed by atoms with Crippen molar-refractivity contribution in [2.24, 2.45) is 0 Å². The zero-order chi connectivity index (χ0) is 25.3. The van der Waals surface area contributed by atoms with Crippen LogP contribution in [0.25, 0.3) is 0 Å². The predicted octanol–water partition coefficient (Wildman–Crippen LogP) is -0.323. The summed E-state index contributed by atoms with van der Waals surface area (Å²) in [6.07, 6.45) is -7.70. The topological polar surface area (TPSA) is 170 Å². The van der Waals surface area contributed by atoms with Gasteiger partial charge in [0.25, 0.3) is 0 Å². The van der Waals surface area contributed by atoms with Crippen molar-refractivity contribution in [1.82, 2.24) is 0 Å². The third-order valence-electron chi connectivity index (χ3n) is 5.61. The van der Waals surface area contributed by atoms with Crippen LogP contribution in [-0.2, 0) is 4.74 Å². The highest BCUT2D eigenvalue weighted by Crippen LogP contribution is 2.43. The number of methoxy groups -OCH3 is 2. The monoisotopic (exact) mass is 492 g/mol. The number of hydrogen-bond acceptors (Lipinski definition) is 12. The first-order chi connectivity index (χ1) is 16.8. The van der Waals surface area contributed by atoms with Crippen molar-refractivity contribution < 1.29 is 58.4 Å². The van der Waals surface area contributed by atoms with Gasteiger partial charge in [-0.2, -0.15) is 0 Å². The van der Waals surface area contributed by atoms with Gasteiger partial charge in [0.15, 0.2) is 11.5 Å². The lowest BCUT2D eigenvalue weighted by Crippen LogP contribution is -2.60. The molecule has 12 heteroatoms. The van der Waals surface area contributed by atoms with Gasteiger partial charge >= 0.3 is 0 Å². The lowest BCUT2D eigenvalue weighted by molar-refractivity contribution is -0.277. The highest BCUT2D eigenvalue weighted by Gasteiger charge is 2.45. The molecule has 0 aliphatic carbocycles. The van der Waals surface area contributed by atoms with Crippen LogP contribution in [0.3, 0.4) is 0 Å². The van der Waals surface area contributed by atoms with Crippen molar-refractivity contribution in [2.45, 2.75) is 30.7 Å². The molecule has 0 amide bonds. The first kappa shape index (κ1) is 24.7. The van der Waals surface area contributed by atoms with Gasteiger partial charge in [0, 0.05) is 17.2 Å². The molecule has 2 aromatic rings. The summed E-state index contributed by atoms with van der Waals surface area (Å²) in [6.45, 7) is -0.849. The van der Waals surface area contributed by atoms with E-state index in [9.17, 15) is 30.0 Å². The Balaban J connectivity index is 1.65. The van der Waals surface area contributed by atoms with Gasteiger partial charge in [0.2, 0.25) is 30.4 Å². The quantitative estimate of drug-likeness (QED) is 0.280. The van der Waals surface area contributed by atoms with Crippen LogP contribution in [0, 0.1) is 0 Å². The highest BCUT2D eigenvalue weighted by atomic mass is 16.7. The Morgan fingerprint density at radius 2 is 1.51 bits per heavy atom. The number of fused-ring (bicyclic) bond motifs is 1. The summed E-state index contributed by atoms with van der Waals surface area (Å²) in [6, 6.07) is 6.84. The largest absolute Gasteiger partial charge is 0.497 e. The Bertz CT molecular complexity index is 1090. The molecule has 0 unspecified atom stereocenters. The molecule has 4 N–H and O–H groups in total. The summed E-state index contributed by atoms with van der Waals surface area (Å²) in [5.74, 6) is -1.07. The second kappa shape index (κ2) is 10.1. The summed E-state index contributed by atoms with van der Waals surface area (Å²) in [7, 11) is 2.82. The number of Topliss-reactive ketones (excluding diaryl/α,β-unsaturated/α-hetero) is 2. The first-order valence-corrected chi connectivity index (χ1v) is 10.5. The van der Waals surface area contributed by atoms with E-state index in [0.29, 0.717) is 11.5 Å². The van der Waals surface area contributed by atoms with Crippen molar-refractivity contribution in [1.29, 1.82) is 0 Å². The number of ether oxygens (including phenoxy) is 6. The van der Waals surface area contributed by atoms with Crippen LogP contribution in [0.15, 0.2) is 30.3 Å². The van der Waals surface area contributed by atoms with Crippen LogP contribution < -0.4 is 23.7 Å². The van der Waals surface area contributed by atoms with Gasteiger partial charge in [-0.25, -0.2) is 0 Å². The minimum absolute atomic E-state index is 0.0280. The fourth-order valence-corrected chi connectivity index (χ4v) is 3.69. The molecule has 0 spiro atoms. The van der Waals surface area contributed by atoms with E-state index in [-0.39, 0.29) is 35.2 Å². The summed E-state index contributed by atoms with van der Waals surface area (Å²) < 4.78 is 32.0. The van der Waals surface area contributed by atoms with Crippen LogP contribution in [0.1, 0.15) is 20.7 Å². The van der Waals surface area contributed by atoms with E-state index in [1.54, 1.807) is 6.07 Å². The summed E-state index contributed by atoms with van der Waals surface area (Å²) in [5, 5.41) is 39.7. The fraction of sp³-hybridized carbons (Fsp3) is 0.391. The van der Waals surface area contributed by atoms with Gasteiger partial charge in [-0.05, 0) is 24.3 Å². The van der Waals surface area contributed by atoms with E-state index in [0.717, 1.165) is 0 Å². The molecule has 2 aromatic carbocycles. The predicted molar refractivity (Wildman–Crippen MR) is 115 cm³/mol. The Hall–Kier alpha value is -3.42. The molecule has 5 atom stereocenters. The fourth-order valence-electron chi connectivity index (χ4n) is 3.69. The molecule has 0 radical (unpaired) electrons. The maximum absolute atomic E-state index is 13.1. The van der Waals surface area contributed by atoms with Crippen molar-refractivity contribution in [3.05, 3.63) is 41.5 Å². The molecular weight excluding hydrogens is 468 g/mol. The summed E-state index contributed by atoms with van der Waals surface area (Å²) in [4.78, 5) is 26.0. The van der Waals surface area contributed by atoms with Gasteiger partial charge in [-0.1, -0.05) is 0 Å². The minimum atomic E-state index is -1.70. The average molecular weight is 492 g/mol. The molecule has 0 bridgehead atoms. The van der Waals surface area contributed by atoms with Gasteiger partial charge in [-0.15, -0.1) is 0 Å². The lowest BCUT2D eigenvalue weighted by atomic mass is 9.99. The number of ketones is 2. The minimum Gasteiger partial charge on any atom is -0.497 e. The lowest BCUT2D eigenvalue weighted by Gasteiger charge is -2.39. The summed E-state index contributed by atoms with van der Waals surface area (Å²) >= 11 is 0. The Labute approximate surface area is 199 Å². The molecule has 188 valence electrons. The zero-order valence-electron chi connectivity index (χ0n) is 18.7. The highest BCUT2D eigenvalue weighted by molar-refractivity contribution is 6.49. The van der Waals surface area contributed by atoms with E-state index in [1.807, 2.05) is 0 Å². The maximum atomic E-state index is 13.1. The van der Waals surface area contributed by atoms with E-state index >= 15 is 0 Å². The van der Waals surface area contributed by atoms with Crippen molar-refractivity contribution in [3.8, 4) is 28.7 Å². The molecule has 2 heterocycles. The van der Waals surface area contributed by atoms with E-state index in [2.05, 4.69) is 0 Å². The van der Waals surface area contributed by atoms with E-state index in [4.69, 9.17) is 28.4 Å². The summed E-state index contributed by atoms with van der Waals surface area (Å²) in [5.41, 5.74) is -0.0825. The van der Waals surface area contributed by atoms with Crippen molar-refractivity contribution >= 4 is 11.6 Å². The first-order valence-electron chi connectivity index (χ1n) is 10.5. The smallest absolute Gasteiger partial charge is 0.233 e. The van der Waals surface area contributed by atoms with Crippen LogP contribution in [-0.4, -0.2) is 90.3 Å². The molecule has 1 saturated heterocycles. The number of aliphatic hydroxyl groups is 4. The van der Waals surface area contributed by atoms with Crippen molar-refractivity contribution in [3.63, 3.8) is 0 Å². The normalized spacial score (nSPS) is 25.1. The van der Waals surface area contributed by atoms with Crippen LogP contribution in [0.4, 0.5) is 0 Å². The number of hydrogen-bond donors (Lipinski definition) is 4. The number of carbonyl (C=O) groups excluding carboxylic acids is 2. The van der Waals surface area contributed by atoms with Gasteiger partial charge < -0.3 is 48.8 Å². The second-order valence-corrected chi connectivity index (χ2v) is 7.78. The number of benzene rings is 2. The number of rotatable bonds is 8. The Kier molecular flexibility index (Phi) is 7.10. The molecule has 4 rings (SSSR count). The molecular formula is C23H24O12. The third-order valence-corrected chi connectivity index (χ3v) is 5.61. The molecule has 2 aliphatic rings. The van der Waals surface area contributed by atoms with Crippen LogP contribution in [0.2, 0.25) is 0 Å². The van der Waals surface area contributed by atoms with E-state index < -0.39 is 48.9 Å². The molecule has 35 heavy (non-hydrogen) atoms. The average Bonchev–Trinajstić information content (AvgIpc) is 3.36. The Morgan fingerprint density at radius 1 is 0.886 bits per heavy atom. The van der Waals surface area contributed by atoms with Crippen LogP contribution in [0.5, 0.6) is 28.7 Å². The van der Waals surface area contributed by atoms with E-state index in [1.165, 1.54) is 38.5 Å². The van der Waals surface area contributed by atoms with Gasteiger partial charge in [-0.3, -0.25) is 9.59 Å². The molecule has 0 aromatic heterocycles.